The van der Waals surface area contributed by atoms with Crippen molar-refractivity contribution in [3.8, 4) is 0 Å². The van der Waals surface area contributed by atoms with Crippen molar-refractivity contribution in [1.82, 2.24) is 14.9 Å². The summed E-state index contributed by atoms with van der Waals surface area (Å²) < 4.78 is 7.51. The Morgan fingerprint density at radius 2 is 2.31 bits per heavy atom. The van der Waals surface area contributed by atoms with Crippen LogP contribution >= 0.6 is 0 Å². The Balaban J connectivity index is 1.93. The molecule has 0 fully saturated rings. The lowest BCUT2D eigenvalue weighted by atomic mass is 10.3. The lowest BCUT2D eigenvalue weighted by molar-refractivity contribution is 0.435. The zero-order valence-electron chi connectivity index (χ0n) is 9.90. The quantitative estimate of drug-likeness (QED) is 0.857. The second kappa shape index (κ2) is 4.53. The van der Waals surface area contributed by atoms with Crippen LogP contribution in [0.2, 0.25) is 0 Å². The van der Waals surface area contributed by atoms with Gasteiger partial charge in [-0.25, -0.2) is 4.98 Å². The zero-order valence-corrected chi connectivity index (χ0v) is 9.90. The molecule has 0 spiro atoms. The molecule has 1 atom stereocenters. The number of aromatic nitrogens is 2. The fraction of sp³-hybridized carbons (Fsp3) is 0.417. The second-order valence-corrected chi connectivity index (χ2v) is 4.01. The molecule has 0 radical (unpaired) electrons. The molecule has 0 amide bonds. The Kier molecular flexibility index (Phi) is 3.10. The number of nitrogens with zero attached hydrogens (tertiary/aromatic N) is 2. The van der Waals surface area contributed by atoms with Crippen molar-refractivity contribution in [3.05, 3.63) is 41.9 Å². The summed E-state index contributed by atoms with van der Waals surface area (Å²) >= 11 is 0. The van der Waals surface area contributed by atoms with E-state index < -0.39 is 0 Å². The van der Waals surface area contributed by atoms with Crippen LogP contribution in [-0.4, -0.2) is 9.55 Å². The molecule has 1 unspecified atom stereocenters. The molecule has 1 N–H and O–H groups in total. The van der Waals surface area contributed by atoms with Crippen LogP contribution in [0, 0.1) is 6.92 Å². The third kappa shape index (κ3) is 2.33. The van der Waals surface area contributed by atoms with Crippen molar-refractivity contribution in [2.45, 2.75) is 26.4 Å². The highest BCUT2D eigenvalue weighted by atomic mass is 16.3. The Labute approximate surface area is 95.3 Å². The summed E-state index contributed by atoms with van der Waals surface area (Å²) in [6.07, 6.45) is 3.76. The van der Waals surface area contributed by atoms with Crippen LogP contribution in [0.15, 0.2) is 28.9 Å². The minimum atomic E-state index is 0.213. The number of aryl methyl sites for hydroxylation is 2. The molecule has 0 saturated heterocycles. The standard InChI is InChI=1S/C12H17N3O/c1-9-4-5-11(16-9)8-14-10(2)12-13-6-7-15(12)3/h4-7,10,14H,8H2,1-3H3. The smallest absolute Gasteiger partial charge is 0.125 e. The Morgan fingerprint density at radius 1 is 1.50 bits per heavy atom. The van der Waals surface area contributed by atoms with E-state index in [9.17, 15) is 0 Å². The molecular formula is C12H17N3O. The van der Waals surface area contributed by atoms with E-state index in [0.717, 1.165) is 23.9 Å². The molecule has 2 aromatic heterocycles. The van der Waals surface area contributed by atoms with Crippen molar-refractivity contribution in [2.75, 3.05) is 0 Å². The first-order valence-corrected chi connectivity index (χ1v) is 5.42. The van der Waals surface area contributed by atoms with Gasteiger partial charge < -0.3 is 14.3 Å². The van der Waals surface area contributed by atoms with Crippen molar-refractivity contribution < 1.29 is 4.42 Å². The Hall–Kier alpha value is -1.55. The highest BCUT2D eigenvalue weighted by molar-refractivity contribution is 5.06. The van der Waals surface area contributed by atoms with Gasteiger partial charge in [0.15, 0.2) is 0 Å². The first-order valence-electron chi connectivity index (χ1n) is 5.42. The topological polar surface area (TPSA) is 43.0 Å². The largest absolute Gasteiger partial charge is 0.465 e. The third-order valence-corrected chi connectivity index (χ3v) is 2.62. The molecule has 2 rings (SSSR count). The number of furan rings is 1. The van der Waals surface area contributed by atoms with Crippen LogP contribution in [0.25, 0.3) is 0 Å². The first-order chi connectivity index (χ1) is 7.66. The van der Waals surface area contributed by atoms with Crippen molar-refractivity contribution >= 4 is 0 Å². The molecule has 16 heavy (non-hydrogen) atoms. The van der Waals surface area contributed by atoms with Crippen LogP contribution in [0.5, 0.6) is 0 Å². The van der Waals surface area contributed by atoms with Crippen molar-refractivity contribution in [1.29, 1.82) is 0 Å². The van der Waals surface area contributed by atoms with E-state index in [1.165, 1.54) is 0 Å². The molecule has 0 aliphatic heterocycles. The summed E-state index contributed by atoms with van der Waals surface area (Å²) in [4.78, 5) is 4.30. The molecule has 2 heterocycles. The fourth-order valence-electron chi connectivity index (χ4n) is 1.72. The van der Waals surface area contributed by atoms with Crippen LogP contribution in [-0.2, 0) is 13.6 Å². The normalized spacial score (nSPS) is 12.9. The minimum absolute atomic E-state index is 0.213. The van der Waals surface area contributed by atoms with Gasteiger partial charge in [-0.2, -0.15) is 0 Å². The molecular weight excluding hydrogens is 202 g/mol. The molecule has 0 aliphatic carbocycles. The molecule has 86 valence electrons. The first kappa shape index (κ1) is 11.0. The average Bonchev–Trinajstić information content (AvgIpc) is 2.84. The number of nitrogens with one attached hydrogen (secondary N) is 1. The zero-order chi connectivity index (χ0) is 11.5. The Bertz CT molecular complexity index is 458. The van der Waals surface area contributed by atoms with E-state index in [0.29, 0.717) is 0 Å². The summed E-state index contributed by atoms with van der Waals surface area (Å²) in [5.74, 6) is 2.93. The highest BCUT2D eigenvalue weighted by Crippen LogP contribution is 2.11. The number of hydrogen-bond acceptors (Lipinski definition) is 3. The summed E-state index contributed by atoms with van der Waals surface area (Å²) in [5.41, 5.74) is 0. The molecule has 0 saturated carbocycles. The lowest BCUT2D eigenvalue weighted by Gasteiger charge is -2.12. The van der Waals surface area contributed by atoms with Crippen molar-refractivity contribution in [2.24, 2.45) is 7.05 Å². The monoisotopic (exact) mass is 219 g/mol. The molecule has 0 aliphatic rings. The van der Waals surface area contributed by atoms with Gasteiger partial charge in [-0.3, -0.25) is 0 Å². The third-order valence-electron chi connectivity index (χ3n) is 2.62. The summed E-state index contributed by atoms with van der Waals surface area (Å²) in [6, 6.07) is 4.18. The van der Waals surface area contributed by atoms with Gasteiger partial charge in [-0.15, -0.1) is 0 Å². The second-order valence-electron chi connectivity index (χ2n) is 4.01. The van der Waals surface area contributed by atoms with Gasteiger partial charge >= 0.3 is 0 Å². The maximum atomic E-state index is 5.49. The van der Waals surface area contributed by atoms with Crippen LogP contribution < -0.4 is 5.32 Å². The molecule has 4 nitrogen and oxygen atoms in total. The number of hydrogen-bond donors (Lipinski definition) is 1. The fourth-order valence-corrected chi connectivity index (χ4v) is 1.72. The summed E-state index contributed by atoms with van der Waals surface area (Å²) in [5, 5.41) is 3.38. The highest BCUT2D eigenvalue weighted by Gasteiger charge is 2.10. The van der Waals surface area contributed by atoms with E-state index in [2.05, 4.69) is 17.2 Å². The molecule has 4 heteroatoms. The van der Waals surface area contributed by atoms with E-state index in [1.807, 2.05) is 43.1 Å². The maximum Gasteiger partial charge on any atom is 0.125 e. The van der Waals surface area contributed by atoms with Gasteiger partial charge in [-0.1, -0.05) is 0 Å². The molecule has 2 aromatic rings. The molecule has 0 aromatic carbocycles. The van der Waals surface area contributed by atoms with E-state index >= 15 is 0 Å². The SMILES string of the molecule is Cc1ccc(CNC(C)c2nccn2C)o1. The summed E-state index contributed by atoms with van der Waals surface area (Å²) in [6.45, 7) is 4.77. The maximum absolute atomic E-state index is 5.49. The van der Waals surface area contributed by atoms with Gasteiger partial charge in [0, 0.05) is 19.4 Å². The van der Waals surface area contributed by atoms with Gasteiger partial charge in [-0.05, 0) is 26.0 Å². The predicted molar refractivity (Wildman–Crippen MR) is 61.9 cm³/mol. The van der Waals surface area contributed by atoms with Gasteiger partial charge in [0.05, 0.1) is 12.6 Å². The van der Waals surface area contributed by atoms with Gasteiger partial charge in [0.25, 0.3) is 0 Å². The predicted octanol–water partition coefficient (Wildman–Crippen LogP) is 2.17. The number of imidazole rings is 1. The van der Waals surface area contributed by atoms with E-state index in [1.54, 1.807) is 0 Å². The molecule has 0 bridgehead atoms. The lowest BCUT2D eigenvalue weighted by Crippen LogP contribution is -2.20. The van der Waals surface area contributed by atoms with E-state index in [4.69, 9.17) is 4.42 Å². The van der Waals surface area contributed by atoms with Crippen LogP contribution in [0.1, 0.15) is 30.3 Å². The van der Waals surface area contributed by atoms with Crippen LogP contribution in [0.3, 0.4) is 0 Å². The van der Waals surface area contributed by atoms with Crippen molar-refractivity contribution in [3.63, 3.8) is 0 Å². The van der Waals surface area contributed by atoms with E-state index in [-0.39, 0.29) is 6.04 Å². The average molecular weight is 219 g/mol. The number of rotatable bonds is 4. The van der Waals surface area contributed by atoms with Crippen LogP contribution in [0.4, 0.5) is 0 Å². The van der Waals surface area contributed by atoms with Gasteiger partial charge in [0.2, 0.25) is 0 Å². The minimum Gasteiger partial charge on any atom is -0.465 e. The summed E-state index contributed by atoms with van der Waals surface area (Å²) in [7, 11) is 2.00. The van der Waals surface area contributed by atoms with Gasteiger partial charge in [0.1, 0.15) is 17.3 Å². The Morgan fingerprint density at radius 3 is 2.88 bits per heavy atom.